The molecular formula is C20H18S. The monoisotopic (exact) mass is 290 g/mol. The van der Waals surface area contributed by atoms with Gasteiger partial charge in [-0.2, -0.15) is 11.3 Å². The van der Waals surface area contributed by atoms with E-state index < -0.39 is 0 Å². The Balaban J connectivity index is 1.79. The SMILES string of the molecule is c1cc(-c2cc3ccc2CCc2ccc(cc2)CC3)cs1. The van der Waals surface area contributed by atoms with Gasteiger partial charge < -0.3 is 0 Å². The lowest BCUT2D eigenvalue weighted by molar-refractivity contribution is 0.923. The van der Waals surface area contributed by atoms with Crippen molar-refractivity contribution in [2.24, 2.45) is 0 Å². The van der Waals surface area contributed by atoms with Crippen LogP contribution in [0.25, 0.3) is 11.1 Å². The summed E-state index contributed by atoms with van der Waals surface area (Å²) in [6.07, 6.45) is 4.49. The summed E-state index contributed by atoms with van der Waals surface area (Å²) in [5.41, 5.74) is 8.62. The molecule has 0 fully saturated rings. The van der Waals surface area contributed by atoms with Gasteiger partial charge in [-0.15, -0.1) is 0 Å². The first-order chi connectivity index (χ1) is 10.4. The summed E-state index contributed by atoms with van der Waals surface area (Å²) in [5.74, 6) is 0. The van der Waals surface area contributed by atoms with Crippen molar-refractivity contribution in [2.45, 2.75) is 25.7 Å². The molecule has 104 valence electrons. The Morgan fingerprint density at radius 3 is 2.05 bits per heavy atom. The summed E-state index contributed by atoms with van der Waals surface area (Å²) in [6, 6.07) is 18.5. The summed E-state index contributed by atoms with van der Waals surface area (Å²) in [4.78, 5) is 0. The fourth-order valence-electron chi connectivity index (χ4n) is 3.12. The van der Waals surface area contributed by atoms with E-state index in [4.69, 9.17) is 0 Å². The first kappa shape index (κ1) is 12.8. The van der Waals surface area contributed by atoms with Crippen molar-refractivity contribution in [1.29, 1.82) is 0 Å². The zero-order valence-corrected chi connectivity index (χ0v) is 12.8. The van der Waals surface area contributed by atoms with Crippen LogP contribution in [-0.2, 0) is 25.7 Å². The largest absolute Gasteiger partial charge is 0.152 e. The Hall–Kier alpha value is -1.86. The van der Waals surface area contributed by atoms with Gasteiger partial charge in [-0.1, -0.05) is 42.5 Å². The molecule has 0 unspecified atom stereocenters. The molecule has 21 heavy (non-hydrogen) atoms. The van der Waals surface area contributed by atoms with Crippen LogP contribution in [0.1, 0.15) is 22.3 Å². The van der Waals surface area contributed by atoms with Crippen LogP contribution >= 0.6 is 11.3 Å². The first-order valence-corrected chi connectivity index (χ1v) is 8.55. The quantitative estimate of drug-likeness (QED) is 0.570. The molecule has 1 heteroatoms. The van der Waals surface area contributed by atoms with Crippen LogP contribution in [0.4, 0.5) is 0 Å². The second kappa shape index (κ2) is 5.50. The van der Waals surface area contributed by atoms with E-state index in [1.54, 1.807) is 11.3 Å². The van der Waals surface area contributed by atoms with Crippen LogP contribution < -0.4 is 0 Å². The van der Waals surface area contributed by atoms with Gasteiger partial charge in [-0.3, -0.25) is 0 Å². The molecule has 4 aliphatic carbocycles. The van der Waals surface area contributed by atoms with Gasteiger partial charge in [0.25, 0.3) is 0 Å². The van der Waals surface area contributed by atoms with E-state index in [1.165, 1.54) is 33.4 Å². The third kappa shape index (κ3) is 2.66. The molecule has 0 saturated heterocycles. The topological polar surface area (TPSA) is 0 Å². The van der Waals surface area contributed by atoms with Crippen molar-refractivity contribution < 1.29 is 0 Å². The van der Waals surface area contributed by atoms with Crippen LogP contribution in [0.3, 0.4) is 0 Å². The van der Waals surface area contributed by atoms with Gasteiger partial charge in [0.05, 0.1) is 0 Å². The zero-order chi connectivity index (χ0) is 14.1. The highest BCUT2D eigenvalue weighted by molar-refractivity contribution is 7.08. The molecule has 0 nitrogen and oxygen atoms in total. The standard InChI is InChI=1S/C20H18S/c1-3-16-4-2-15(1)5-6-17-8-10-18(9-7-16)20(13-17)19-11-12-21-14-19/h1-4,8,10-14H,5-7,9H2. The third-order valence-electron chi connectivity index (χ3n) is 4.41. The molecule has 3 aromatic rings. The van der Waals surface area contributed by atoms with E-state index in [0.717, 1.165) is 25.7 Å². The van der Waals surface area contributed by atoms with E-state index in [1.807, 2.05) is 0 Å². The summed E-state index contributed by atoms with van der Waals surface area (Å²) >= 11 is 1.78. The second-order valence-electron chi connectivity index (χ2n) is 5.82. The Labute approximate surface area is 130 Å². The van der Waals surface area contributed by atoms with Gasteiger partial charge in [0.2, 0.25) is 0 Å². The van der Waals surface area contributed by atoms with Crippen molar-refractivity contribution in [3.63, 3.8) is 0 Å². The van der Waals surface area contributed by atoms with Crippen molar-refractivity contribution >= 4 is 11.3 Å². The van der Waals surface area contributed by atoms with Gasteiger partial charge >= 0.3 is 0 Å². The molecule has 4 bridgehead atoms. The molecule has 0 aliphatic heterocycles. The maximum atomic E-state index is 2.41. The number of hydrogen-bond acceptors (Lipinski definition) is 1. The van der Waals surface area contributed by atoms with E-state index in [9.17, 15) is 0 Å². The molecule has 0 spiro atoms. The lowest BCUT2D eigenvalue weighted by Crippen LogP contribution is -1.99. The van der Waals surface area contributed by atoms with Crippen LogP contribution in [-0.4, -0.2) is 0 Å². The van der Waals surface area contributed by atoms with Crippen molar-refractivity contribution in [3.05, 3.63) is 81.5 Å². The average molecular weight is 290 g/mol. The number of thiophene rings is 1. The number of benzene rings is 2. The summed E-state index contributed by atoms with van der Waals surface area (Å²) in [7, 11) is 0. The summed E-state index contributed by atoms with van der Waals surface area (Å²) < 4.78 is 0. The predicted octanol–water partition coefficient (Wildman–Crippen LogP) is 5.30. The van der Waals surface area contributed by atoms with E-state index >= 15 is 0 Å². The van der Waals surface area contributed by atoms with Crippen molar-refractivity contribution in [1.82, 2.24) is 0 Å². The summed E-state index contributed by atoms with van der Waals surface area (Å²) in [5, 5.41) is 4.44. The van der Waals surface area contributed by atoms with Gasteiger partial charge in [-0.05, 0) is 75.9 Å². The van der Waals surface area contributed by atoms with Gasteiger partial charge in [0.15, 0.2) is 0 Å². The fourth-order valence-corrected chi connectivity index (χ4v) is 3.78. The lowest BCUT2D eigenvalue weighted by atomic mass is 9.91. The van der Waals surface area contributed by atoms with Crippen molar-refractivity contribution in [2.75, 3.05) is 0 Å². The minimum Gasteiger partial charge on any atom is -0.152 e. The maximum Gasteiger partial charge on any atom is -0.00146 e. The first-order valence-electron chi connectivity index (χ1n) is 7.61. The van der Waals surface area contributed by atoms with E-state index in [2.05, 4.69) is 59.3 Å². The number of hydrogen-bond donors (Lipinski definition) is 0. The summed E-state index contributed by atoms with van der Waals surface area (Å²) in [6.45, 7) is 0. The van der Waals surface area contributed by atoms with Gasteiger partial charge in [-0.25, -0.2) is 0 Å². The molecular weight excluding hydrogens is 272 g/mol. The highest BCUT2D eigenvalue weighted by Crippen LogP contribution is 2.29. The predicted molar refractivity (Wildman–Crippen MR) is 91.0 cm³/mol. The zero-order valence-electron chi connectivity index (χ0n) is 12.0. The molecule has 0 atom stereocenters. The van der Waals surface area contributed by atoms with Gasteiger partial charge in [0.1, 0.15) is 0 Å². The third-order valence-corrected chi connectivity index (χ3v) is 5.10. The molecule has 4 aliphatic rings. The van der Waals surface area contributed by atoms with Crippen LogP contribution in [0.2, 0.25) is 0 Å². The Morgan fingerprint density at radius 2 is 1.33 bits per heavy atom. The Bertz CT molecular complexity index is 736. The lowest BCUT2D eigenvalue weighted by Gasteiger charge is -2.14. The number of rotatable bonds is 1. The molecule has 0 N–H and O–H groups in total. The Kier molecular flexibility index (Phi) is 3.36. The molecule has 1 aromatic heterocycles. The molecule has 1 heterocycles. The smallest absolute Gasteiger partial charge is 0.00146 e. The highest BCUT2D eigenvalue weighted by atomic mass is 32.1. The minimum atomic E-state index is 1.12. The average Bonchev–Trinajstić information content (AvgIpc) is 3.04. The maximum absolute atomic E-state index is 2.41. The second-order valence-corrected chi connectivity index (χ2v) is 6.60. The molecule has 0 amide bonds. The molecule has 7 rings (SSSR count). The van der Waals surface area contributed by atoms with Crippen molar-refractivity contribution in [3.8, 4) is 11.1 Å². The van der Waals surface area contributed by atoms with Crippen LogP contribution in [0, 0.1) is 0 Å². The molecule has 0 saturated carbocycles. The normalized spacial score (nSPS) is 13.9. The van der Waals surface area contributed by atoms with E-state index in [0.29, 0.717) is 0 Å². The fraction of sp³-hybridized carbons (Fsp3) is 0.200. The molecule has 2 aromatic carbocycles. The number of aryl methyl sites for hydroxylation is 4. The minimum absolute atomic E-state index is 1.12. The highest BCUT2D eigenvalue weighted by Gasteiger charge is 2.09. The van der Waals surface area contributed by atoms with Crippen LogP contribution in [0.5, 0.6) is 0 Å². The Morgan fingerprint density at radius 1 is 0.667 bits per heavy atom. The van der Waals surface area contributed by atoms with E-state index in [-0.39, 0.29) is 0 Å². The molecule has 0 radical (unpaired) electrons. The van der Waals surface area contributed by atoms with Crippen LogP contribution in [0.15, 0.2) is 59.3 Å². The van der Waals surface area contributed by atoms with Gasteiger partial charge in [0, 0.05) is 0 Å².